The van der Waals surface area contributed by atoms with Gasteiger partial charge in [-0.25, -0.2) is 0 Å². The molecule has 2 unspecified atom stereocenters. The molecule has 2 atom stereocenters. The fourth-order valence-corrected chi connectivity index (χ4v) is 2.85. The standard InChI is InChI=1S/C14H22N2O/c1-10-12(5-4-6-14(10)17-3)13-7-11(8-15)9-16(13)2/h4-6,11,13H,7-9,15H2,1-3H3. The van der Waals surface area contributed by atoms with Gasteiger partial charge < -0.3 is 10.5 Å². The van der Waals surface area contributed by atoms with Crippen LogP contribution < -0.4 is 10.5 Å². The summed E-state index contributed by atoms with van der Waals surface area (Å²) in [7, 11) is 3.91. The first-order valence-corrected chi connectivity index (χ1v) is 6.21. The molecule has 1 aliphatic heterocycles. The van der Waals surface area contributed by atoms with Crippen molar-refractivity contribution < 1.29 is 4.74 Å². The normalized spacial score (nSPS) is 25.2. The number of rotatable bonds is 3. The van der Waals surface area contributed by atoms with Crippen molar-refractivity contribution in [3.8, 4) is 5.75 Å². The lowest BCUT2D eigenvalue weighted by Gasteiger charge is -2.22. The van der Waals surface area contributed by atoms with E-state index in [2.05, 4.69) is 31.0 Å². The summed E-state index contributed by atoms with van der Waals surface area (Å²) in [5.74, 6) is 1.60. The summed E-state index contributed by atoms with van der Waals surface area (Å²) in [6, 6.07) is 6.79. The van der Waals surface area contributed by atoms with E-state index in [4.69, 9.17) is 10.5 Å². The van der Waals surface area contributed by atoms with Crippen LogP contribution in [0.2, 0.25) is 0 Å². The summed E-state index contributed by atoms with van der Waals surface area (Å²) in [6.45, 7) is 4.01. The van der Waals surface area contributed by atoms with Crippen molar-refractivity contribution in [1.29, 1.82) is 0 Å². The van der Waals surface area contributed by atoms with Crippen LogP contribution in [0.4, 0.5) is 0 Å². The molecule has 0 amide bonds. The highest BCUT2D eigenvalue weighted by atomic mass is 16.5. The van der Waals surface area contributed by atoms with Crippen molar-refractivity contribution in [1.82, 2.24) is 4.90 Å². The zero-order chi connectivity index (χ0) is 12.4. The lowest BCUT2D eigenvalue weighted by molar-refractivity contribution is 0.311. The second kappa shape index (κ2) is 5.07. The van der Waals surface area contributed by atoms with Crippen molar-refractivity contribution in [3.63, 3.8) is 0 Å². The van der Waals surface area contributed by atoms with E-state index >= 15 is 0 Å². The molecule has 2 N–H and O–H groups in total. The smallest absolute Gasteiger partial charge is 0.122 e. The lowest BCUT2D eigenvalue weighted by Crippen LogP contribution is -2.21. The van der Waals surface area contributed by atoms with Gasteiger partial charge in [0.25, 0.3) is 0 Å². The van der Waals surface area contributed by atoms with Crippen LogP contribution in [0.25, 0.3) is 0 Å². The molecule has 94 valence electrons. The first kappa shape index (κ1) is 12.4. The van der Waals surface area contributed by atoms with Gasteiger partial charge in [0.05, 0.1) is 7.11 Å². The van der Waals surface area contributed by atoms with E-state index < -0.39 is 0 Å². The van der Waals surface area contributed by atoms with Crippen LogP contribution in [0.5, 0.6) is 5.75 Å². The monoisotopic (exact) mass is 234 g/mol. The molecule has 0 spiro atoms. The zero-order valence-corrected chi connectivity index (χ0v) is 10.9. The Morgan fingerprint density at radius 1 is 1.47 bits per heavy atom. The number of ether oxygens (including phenoxy) is 1. The van der Waals surface area contributed by atoms with Gasteiger partial charge in [-0.1, -0.05) is 12.1 Å². The molecule has 1 aromatic rings. The molecular formula is C14H22N2O. The highest BCUT2D eigenvalue weighted by Gasteiger charge is 2.30. The minimum absolute atomic E-state index is 0.485. The van der Waals surface area contributed by atoms with Crippen LogP contribution in [0.3, 0.4) is 0 Å². The van der Waals surface area contributed by atoms with E-state index in [0.29, 0.717) is 12.0 Å². The molecule has 0 radical (unpaired) electrons. The van der Waals surface area contributed by atoms with Gasteiger partial charge in [-0.2, -0.15) is 0 Å². The molecule has 3 nitrogen and oxygen atoms in total. The number of hydrogen-bond acceptors (Lipinski definition) is 3. The van der Waals surface area contributed by atoms with Crippen molar-refractivity contribution in [2.24, 2.45) is 11.7 Å². The van der Waals surface area contributed by atoms with E-state index in [1.165, 1.54) is 11.1 Å². The van der Waals surface area contributed by atoms with Gasteiger partial charge in [0, 0.05) is 12.6 Å². The van der Waals surface area contributed by atoms with E-state index in [9.17, 15) is 0 Å². The van der Waals surface area contributed by atoms with Gasteiger partial charge in [0.2, 0.25) is 0 Å². The van der Waals surface area contributed by atoms with E-state index in [0.717, 1.165) is 25.3 Å². The largest absolute Gasteiger partial charge is 0.496 e. The Labute approximate surface area is 104 Å². The van der Waals surface area contributed by atoms with Crippen molar-refractivity contribution in [2.45, 2.75) is 19.4 Å². The Morgan fingerprint density at radius 3 is 2.82 bits per heavy atom. The highest BCUT2D eigenvalue weighted by molar-refractivity contribution is 5.41. The molecule has 17 heavy (non-hydrogen) atoms. The number of hydrogen-bond donors (Lipinski definition) is 1. The molecule has 0 bridgehead atoms. The van der Waals surface area contributed by atoms with Crippen LogP contribution in [0, 0.1) is 12.8 Å². The Bertz CT molecular complexity index is 392. The van der Waals surface area contributed by atoms with Crippen LogP contribution in [-0.4, -0.2) is 32.1 Å². The average Bonchev–Trinajstić information content (AvgIpc) is 2.71. The van der Waals surface area contributed by atoms with Crippen LogP contribution in [0.1, 0.15) is 23.6 Å². The summed E-state index contributed by atoms with van der Waals surface area (Å²) in [5.41, 5.74) is 8.41. The highest BCUT2D eigenvalue weighted by Crippen LogP contribution is 2.37. The van der Waals surface area contributed by atoms with Gasteiger partial charge in [0.15, 0.2) is 0 Å². The molecule has 0 saturated carbocycles. The Balaban J connectivity index is 2.28. The summed E-state index contributed by atoms with van der Waals surface area (Å²) in [5, 5.41) is 0. The molecule has 1 saturated heterocycles. The van der Waals surface area contributed by atoms with Gasteiger partial charge in [0.1, 0.15) is 5.75 Å². The molecule has 0 aromatic heterocycles. The topological polar surface area (TPSA) is 38.5 Å². The minimum atomic E-state index is 0.485. The predicted octanol–water partition coefficient (Wildman–Crippen LogP) is 1.96. The number of methoxy groups -OCH3 is 1. The molecular weight excluding hydrogens is 212 g/mol. The van der Waals surface area contributed by atoms with Crippen molar-refractivity contribution in [3.05, 3.63) is 29.3 Å². The van der Waals surface area contributed by atoms with E-state index in [1.54, 1.807) is 7.11 Å². The van der Waals surface area contributed by atoms with Crippen LogP contribution in [0.15, 0.2) is 18.2 Å². The Morgan fingerprint density at radius 2 is 2.24 bits per heavy atom. The molecule has 1 aromatic carbocycles. The van der Waals surface area contributed by atoms with Gasteiger partial charge in [-0.05, 0) is 50.0 Å². The summed E-state index contributed by atoms with van der Waals surface area (Å²) >= 11 is 0. The Kier molecular flexibility index (Phi) is 3.69. The number of nitrogens with zero attached hydrogens (tertiary/aromatic N) is 1. The molecule has 3 heteroatoms. The molecule has 1 heterocycles. The average molecular weight is 234 g/mol. The molecule has 1 aliphatic rings. The maximum Gasteiger partial charge on any atom is 0.122 e. The third-order valence-electron chi connectivity index (χ3n) is 3.87. The van der Waals surface area contributed by atoms with Gasteiger partial charge in [-0.3, -0.25) is 4.90 Å². The molecule has 1 fully saturated rings. The van der Waals surface area contributed by atoms with Crippen molar-refractivity contribution in [2.75, 3.05) is 27.2 Å². The summed E-state index contributed by atoms with van der Waals surface area (Å²) in [6.07, 6.45) is 1.15. The van der Waals surface area contributed by atoms with Gasteiger partial charge >= 0.3 is 0 Å². The first-order valence-electron chi connectivity index (χ1n) is 6.21. The van der Waals surface area contributed by atoms with Crippen LogP contribution >= 0.6 is 0 Å². The number of benzene rings is 1. The van der Waals surface area contributed by atoms with Crippen LogP contribution in [-0.2, 0) is 0 Å². The first-order chi connectivity index (χ1) is 8.17. The maximum absolute atomic E-state index is 5.78. The lowest BCUT2D eigenvalue weighted by atomic mass is 9.96. The fraction of sp³-hybridized carbons (Fsp3) is 0.571. The van der Waals surface area contributed by atoms with Crippen molar-refractivity contribution >= 4 is 0 Å². The zero-order valence-electron chi connectivity index (χ0n) is 10.9. The molecule has 2 rings (SSSR count). The Hall–Kier alpha value is -1.06. The quantitative estimate of drug-likeness (QED) is 0.869. The third-order valence-corrected chi connectivity index (χ3v) is 3.87. The SMILES string of the molecule is COc1cccc(C2CC(CN)CN2C)c1C. The maximum atomic E-state index is 5.78. The third kappa shape index (κ3) is 2.31. The fourth-order valence-electron chi connectivity index (χ4n) is 2.85. The minimum Gasteiger partial charge on any atom is -0.496 e. The van der Waals surface area contributed by atoms with E-state index in [1.807, 2.05) is 6.07 Å². The second-order valence-electron chi connectivity index (χ2n) is 4.97. The van der Waals surface area contributed by atoms with E-state index in [-0.39, 0.29) is 0 Å². The summed E-state index contributed by atoms with van der Waals surface area (Å²) in [4.78, 5) is 2.40. The second-order valence-corrected chi connectivity index (χ2v) is 4.97. The number of nitrogens with two attached hydrogens (primary N) is 1. The van der Waals surface area contributed by atoms with Gasteiger partial charge in [-0.15, -0.1) is 0 Å². The summed E-state index contributed by atoms with van der Waals surface area (Å²) < 4.78 is 5.39. The number of likely N-dealkylation sites (tertiary alicyclic amines) is 1. The molecule has 0 aliphatic carbocycles. The predicted molar refractivity (Wildman–Crippen MR) is 70.3 cm³/mol.